The largest absolute Gasteiger partial charge is 0.311 e. The van der Waals surface area contributed by atoms with Crippen molar-refractivity contribution in [3.05, 3.63) is 52.9 Å². The second-order valence-electron chi connectivity index (χ2n) is 4.77. The van der Waals surface area contributed by atoms with Crippen molar-refractivity contribution in [2.24, 2.45) is 0 Å². The number of aromatic nitrogens is 2. The molecule has 0 fully saturated rings. The van der Waals surface area contributed by atoms with Gasteiger partial charge in [0.05, 0.1) is 17.4 Å². The summed E-state index contributed by atoms with van der Waals surface area (Å²) in [4.78, 5) is 0. The Hall–Kier alpha value is -1.75. The number of likely N-dealkylation sites (N-methyl/N-ethyl adjacent to an activating group) is 1. The fourth-order valence-electron chi connectivity index (χ4n) is 2.39. The van der Waals surface area contributed by atoms with E-state index >= 15 is 0 Å². The predicted molar refractivity (Wildman–Crippen MR) is 74.5 cm³/mol. The van der Waals surface area contributed by atoms with Crippen LogP contribution in [0.5, 0.6) is 0 Å². The first kappa shape index (κ1) is 14.7. The molecule has 2 aromatic rings. The van der Waals surface area contributed by atoms with Gasteiger partial charge in [-0.3, -0.25) is 4.68 Å². The minimum Gasteiger partial charge on any atom is -0.311 e. The van der Waals surface area contributed by atoms with Crippen LogP contribution in [0.25, 0.3) is 0 Å². The van der Waals surface area contributed by atoms with Crippen LogP contribution in [0.1, 0.15) is 29.9 Å². The normalized spacial score (nSPS) is 12.7. The number of nitrogens with one attached hydrogen (secondary N) is 1. The number of benzene rings is 1. The Morgan fingerprint density at radius 1 is 1.30 bits per heavy atom. The molecule has 1 atom stereocenters. The van der Waals surface area contributed by atoms with Gasteiger partial charge in [0.15, 0.2) is 0 Å². The smallest absolute Gasteiger partial charge is 0.129 e. The predicted octanol–water partition coefficient (Wildman–Crippen LogP) is 2.99. The van der Waals surface area contributed by atoms with E-state index in [4.69, 9.17) is 0 Å². The second kappa shape index (κ2) is 6.13. The minimum atomic E-state index is -0.510. The second-order valence-corrected chi connectivity index (χ2v) is 4.77. The summed E-state index contributed by atoms with van der Waals surface area (Å²) in [6, 6.07) is 5.72. The van der Waals surface area contributed by atoms with E-state index in [1.165, 1.54) is 18.2 Å². The molecule has 0 amide bonds. The average Bonchev–Trinajstić information content (AvgIpc) is 2.80. The fourth-order valence-corrected chi connectivity index (χ4v) is 2.39. The highest BCUT2D eigenvalue weighted by molar-refractivity contribution is 5.23. The number of hydrogen-bond donors (Lipinski definition) is 1. The van der Waals surface area contributed by atoms with Crippen molar-refractivity contribution in [1.82, 2.24) is 15.1 Å². The van der Waals surface area contributed by atoms with Crippen molar-refractivity contribution in [2.75, 3.05) is 7.05 Å². The molecule has 1 N–H and O–H groups in total. The monoisotopic (exact) mass is 279 g/mol. The van der Waals surface area contributed by atoms with Crippen molar-refractivity contribution in [3.8, 4) is 0 Å². The van der Waals surface area contributed by atoms with E-state index in [1.807, 2.05) is 24.6 Å². The van der Waals surface area contributed by atoms with Crippen LogP contribution in [0.4, 0.5) is 8.78 Å². The molecule has 1 aromatic carbocycles. The molecule has 1 aromatic heterocycles. The lowest BCUT2D eigenvalue weighted by atomic mass is 10.0. The average molecular weight is 279 g/mol. The van der Waals surface area contributed by atoms with Crippen LogP contribution in [0, 0.1) is 18.6 Å². The molecular weight excluding hydrogens is 260 g/mol. The van der Waals surface area contributed by atoms with Gasteiger partial charge in [-0.15, -0.1) is 0 Å². The number of halogens is 2. The van der Waals surface area contributed by atoms with Crippen molar-refractivity contribution in [3.63, 3.8) is 0 Å². The van der Waals surface area contributed by atoms with Crippen LogP contribution in [0.2, 0.25) is 0 Å². The van der Waals surface area contributed by atoms with Crippen LogP contribution in [-0.2, 0) is 13.0 Å². The van der Waals surface area contributed by atoms with Crippen LogP contribution < -0.4 is 5.32 Å². The molecule has 1 heterocycles. The number of rotatable bonds is 5. The van der Waals surface area contributed by atoms with Crippen molar-refractivity contribution in [1.29, 1.82) is 0 Å². The van der Waals surface area contributed by atoms with Crippen molar-refractivity contribution >= 4 is 0 Å². The molecule has 0 aliphatic heterocycles. The molecule has 0 spiro atoms. The Kier molecular flexibility index (Phi) is 4.49. The zero-order valence-electron chi connectivity index (χ0n) is 12.0. The summed E-state index contributed by atoms with van der Waals surface area (Å²) in [6.45, 7) is 4.62. The van der Waals surface area contributed by atoms with E-state index < -0.39 is 11.6 Å². The van der Waals surface area contributed by atoms with E-state index in [0.29, 0.717) is 0 Å². The first-order valence-electron chi connectivity index (χ1n) is 6.71. The Morgan fingerprint density at radius 3 is 2.50 bits per heavy atom. The maximum Gasteiger partial charge on any atom is 0.129 e. The standard InChI is InChI=1S/C15H19F2N3/c1-4-20-15(8-10(2)19-20)14(18-3)9-11-12(16)6-5-7-13(11)17/h5-8,14,18H,4,9H2,1-3H3. The lowest BCUT2D eigenvalue weighted by molar-refractivity contribution is 0.483. The molecule has 0 bridgehead atoms. The Morgan fingerprint density at radius 2 is 1.95 bits per heavy atom. The third kappa shape index (κ3) is 2.88. The summed E-state index contributed by atoms with van der Waals surface area (Å²) in [5.74, 6) is -1.02. The molecule has 0 saturated carbocycles. The topological polar surface area (TPSA) is 29.9 Å². The van der Waals surface area contributed by atoms with Gasteiger partial charge in [-0.25, -0.2) is 8.78 Å². The van der Waals surface area contributed by atoms with Crippen LogP contribution in [-0.4, -0.2) is 16.8 Å². The SMILES string of the molecule is CCn1nc(C)cc1C(Cc1c(F)cccc1F)NC. The zero-order chi connectivity index (χ0) is 14.7. The Balaban J connectivity index is 2.33. The van der Waals surface area contributed by atoms with Gasteiger partial charge in [0.1, 0.15) is 11.6 Å². The van der Waals surface area contributed by atoms with Gasteiger partial charge >= 0.3 is 0 Å². The lowest BCUT2D eigenvalue weighted by Gasteiger charge is -2.18. The molecule has 0 aliphatic rings. The molecule has 5 heteroatoms. The molecule has 108 valence electrons. The highest BCUT2D eigenvalue weighted by Crippen LogP contribution is 2.22. The summed E-state index contributed by atoms with van der Waals surface area (Å²) in [7, 11) is 1.78. The van der Waals surface area contributed by atoms with E-state index in [-0.39, 0.29) is 18.0 Å². The number of nitrogens with zero attached hydrogens (tertiary/aromatic N) is 2. The van der Waals surface area contributed by atoms with Crippen molar-refractivity contribution < 1.29 is 8.78 Å². The molecule has 3 nitrogen and oxygen atoms in total. The van der Waals surface area contributed by atoms with Gasteiger partial charge in [-0.05, 0) is 45.5 Å². The molecule has 0 radical (unpaired) electrons. The molecule has 0 saturated heterocycles. The highest BCUT2D eigenvalue weighted by atomic mass is 19.1. The van der Waals surface area contributed by atoms with Crippen LogP contribution in [0.3, 0.4) is 0 Å². The molecule has 1 unspecified atom stereocenters. The van der Waals surface area contributed by atoms with Gasteiger partial charge in [-0.1, -0.05) is 6.07 Å². The summed E-state index contributed by atoms with van der Waals surface area (Å²) >= 11 is 0. The molecule has 0 aliphatic carbocycles. The Labute approximate surface area is 117 Å². The van der Waals surface area contributed by atoms with E-state index in [0.717, 1.165) is 17.9 Å². The minimum absolute atomic E-state index is 0.105. The number of aryl methyl sites for hydroxylation is 2. The van der Waals surface area contributed by atoms with Gasteiger partial charge in [0, 0.05) is 12.1 Å². The van der Waals surface area contributed by atoms with E-state index in [1.54, 1.807) is 7.05 Å². The summed E-state index contributed by atoms with van der Waals surface area (Å²) in [5.41, 5.74) is 1.94. The van der Waals surface area contributed by atoms with Gasteiger partial charge in [0.2, 0.25) is 0 Å². The lowest BCUT2D eigenvalue weighted by Crippen LogP contribution is -2.23. The van der Waals surface area contributed by atoms with Gasteiger partial charge < -0.3 is 5.32 Å². The fraction of sp³-hybridized carbons (Fsp3) is 0.400. The first-order chi connectivity index (χ1) is 9.56. The van der Waals surface area contributed by atoms with E-state index in [2.05, 4.69) is 10.4 Å². The van der Waals surface area contributed by atoms with Crippen LogP contribution >= 0.6 is 0 Å². The quantitative estimate of drug-likeness (QED) is 0.912. The Bertz CT molecular complexity index is 573. The van der Waals surface area contributed by atoms with Gasteiger partial charge in [-0.2, -0.15) is 5.10 Å². The zero-order valence-corrected chi connectivity index (χ0v) is 12.0. The maximum atomic E-state index is 13.8. The third-order valence-corrected chi connectivity index (χ3v) is 3.41. The van der Waals surface area contributed by atoms with Crippen molar-refractivity contribution in [2.45, 2.75) is 32.9 Å². The molecule has 20 heavy (non-hydrogen) atoms. The van der Waals surface area contributed by atoms with Gasteiger partial charge in [0.25, 0.3) is 0 Å². The first-order valence-corrected chi connectivity index (χ1v) is 6.71. The molecule has 2 rings (SSSR count). The van der Waals surface area contributed by atoms with E-state index in [9.17, 15) is 8.78 Å². The maximum absolute atomic E-state index is 13.8. The van der Waals surface area contributed by atoms with Crippen LogP contribution in [0.15, 0.2) is 24.3 Å². The summed E-state index contributed by atoms with van der Waals surface area (Å²) in [5, 5.41) is 7.49. The summed E-state index contributed by atoms with van der Waals surface area (Å²) in [6.07, 6.45) is 0.250. The third-order valence-electron chi connectivity index (χ3n) is 3.41. The summed E-state index contributed by atoms with van der Waals surface area (Å²) < 4.78 is 29.4. The highest BCUT2D eigenvalue weighted by Gasteiger charge is 2.19. The molecular formula is C15H19F2N3. The number of hydrogen-bond acceptors (Lipinski definition) is 2.